The van der Waals surface area contributed by atoms with Gasteiger partial charge in [-0.25, -0.2) is 0 Å². The first-order valence-electron chi connectivity index (χ1n) is 13.7. The second-order valence-electron chi connectivity index (χ2n) is 10.2. The summed E-state index contributed by atoms with van der Waals surface area (Å²) in [6.45, 7) is 1.07. The maximum Gasteiger partial charge on any atom is 0.323 e. The molecule has 0 unspecified atom stereocenters. The number of unbranched alkanes of at least 4 members (excludes halogenated alkanes) is 1. The van der Waals surface area contributed by atoms with Gasteiger partial charge in [0.05, 0.1) is 10.8 Å². The van der Waals surface area contributed by atoms with E-state index in [9.17, 15) is 37.8 Å². The summed E-state index contributed by atoms with van der Waals surface area (Å²) < 4.78 is 33.6. The molecule has 244 valence electrons. The van der Waals surface area contributed by atoms with Crippen LogP contribution in [0.1, 0.15) is 25.3 Å². The van der Waals surface area contributed by atoms with Crippen LogP contribution in [0.3, 0.4) is 0 Å². The SMILES string of the molecule is CC1=CS/C(=C/C=C(/C=c2/c(=O)n(C)/c(=C3\SC(=S)N(CC(=O)O)C3=O)n2CC(=O)O)c2ccccc2)N1CCCCS(=O)(=O)O. The molecule has 3 heterocycles. The third kappa shape index (κ3) is 8.27. The monoisotopic (exact) mass is 706 g/mol. The van der Waals surface area contributed by atoms with Crippen LogP contribution in [0.15, 0.2) is 63.4 Å². The van der Waals surface area contributed by atoms with Gasteiger partial charge in [0.25, 0.3) is 21.6 Å². The van der Waals surface area contributed by atoms with Crippen molar-refractivity contribution in [1.82, 2.24) is 18.9 Å². The highest BCUT2D eigenvalue weighted by Crippen LogP contribution is 2.35. The first-order chi connectivity index (χ1) is 21.7. The van der Waals surface area contributed by atoms with E-state index in [1.807, 2.05) is 53.6 Å². The first-order valence-corrected chi connectivity index (χ1v) is 17.4. The summed E-state index contributed by atoms with van der Waals surface area (Å²) >= 11 is 7.47. The number of carbonyl (C=O) groups excluding carboxylic acids is 1. The molecule has 1 saturated heterocycles. The molecule has 0 saturated carbocycles. The van der Waals surface area contributed by atoms with E-state index in [1.165, 1.54) is 29.5 Å². The molecule has 1 aromatic carbocycles. The number of allylic oxidation sites excluding steroid dienone is 4. The van der Waals surface area contributed by atoms with Crippen molar-refractivity contribution in [2.45, 2.75) is 26.3 Å². The van der Waals surface area contributed by atoms with Gasteiger partial charge in [0.1, 0.15) is 33.1 Å². The number of thioether (sulfide) groups is 2. The van der Waals surface area contributed by atoms with Gasteiger partial charge >= 0.3 is 11.9 Å². The van der Waals surface area contributed by atoms with Crippen LogP contribution in [0, 0.1) is 0 Å². The molecule has 3 N–H and O–H groups in total. The quantitative estimate of drug-likeness (QED) is 0.165. The van der Waals surface area contributed by atoms with Gasteiger partial charge in [-0.15, -0.1) is 0 Å². The minimum absolute atomic E-state index is 0.0168. The van der Waals surface area contributed by atoms with Crippen LogP contribution < -0.4 is 16.4 Å². The van der Waals surface area contributed by atoms with Crippen molar-refractivity contribution < 1.29 is 37.6 Å². The summed E-state index contributed by atoms with van der Waals surface area (Å²) in [5.74, 6) is -3.63. The van der Waals surface area contributed by atoms with E-state index in [0.717, 1.165) is 32.0 Å². The lowest BCUT2D eigenvalue weighted by molar-refractivity contribution is -0.140. The molecule has 1 fully saturated rings. The number of carboxylic acid groups (broad SMARTS) is 2. The van der Waals surface area contributed by atoms with Gasteiger partial charge in [-0.05, 0) is 48.5 Å². The largest absolute Gasteiger partial charge is 0.480 e. The van der Waals surface area contributed by atoms with E-state index in [4.69, 9.17) is 16.8 Å². The summed E-state index contributed by atoms with van der Waals surface area (Å²) in [6, 6.07) is 9.08. The van der Waals surface area contributed by atoms with E-state index in [1.54, 1.807) is 6.08 Å². The van der Waals surface area contributed by atoms with Gasteiger partial charge in [-0.1, -0.05) is 72.1 Å². The highest BCUT2D eigenvalue weighted by molar-refractivity contribution is 8.30. The predicted molar refractivity (Wildman–Crippen MR) is 180 cm³/mol. The number of nitrogens with zero attached hydrogens (tertiary/aromatic N) is 4. The molecule has 2 aliphatic rings. The van der Waals surface area contributed by atoms with Gasteiger partial charge in [-0.3, -0.25) is 33.2 Å². The molecule has 2 aliphatic heterocycles. The Morgan fingerprint density at radius 1 is 1.02 bits per heavy atom. The lowest BCUT2D eigenvalue weighted by Gasteiger charge is -2.21. The number of hydrogen-bond donors (Lipinski definition) is 3. The van der Waals surface area contributed by atoms with Crippen LogP contribution in [-0.2, 0) is 38.1 Å². The summed E-state index contributed by atoms with van der Waals surface area (Å²) in [5, 5.41) is 21.8. The molecular weight excluding hydrogens is 677 g/mol. The molecule has 46 heavy (non-hydrogen) atoms. The van der Waals surface area contributed by atoms with Crippen molar-refractivity contribution in [2.75, 3.05) is 18.8 Å². The molecule has 0 aliphatic carbocycles. The predicted octanol–water partition coefficient (Wildman–Crippen LogP) is 1.61. The second-order valence-corrected chi connectivity index (χ2v) is 14.3. The lowest BCUT2D eigenvalue weighted by atomic mass is 10.0. The Labute approximate surface area is 277 Å². The number of aliphatic carboxylic acids is 2. The van der Waals surface area contributed by atoms with Gasteiger partial charge < -0.3 is 19.7 Å². The van der Waals surface area contributed by atoms with Gasteiger partial charge in [0, 0.05) is 19.3 Å². The van der Waals surface area contributed by atoms with Crippen LogP contribution in [-0.4, -0.2) is 83.1 Å². The number of aromatic nitrogens is 2. The minimum atomic E-state index is -4.05. The molecule has 1 amide bonds. The molecule has 0 bridgehead atoms. The van der Waals surface area contributed by atoms with E-state index in [-0.39, 0.29) is 32.2 Å². The highest BCUT2D eigenvalue weighted by Gasteiger charge is 2.36. The van der Waals surface area contributed by atoms with Crippen molar-refractivity contribution in [3.05, 3.63) is 85.4 Å². The number of carbonyl (C=O) groups is 3. The Kier molecular flexibility index (Phi) is 11.2. The minimum Gasteiger partial charge on any atom is -0.480 e. The van der Waals surface area contributed by atoms with Crippen LogP contribution in [0.25, 0.3) is 16.6 Å². The fourth-order valence-corrected chi connectivity index (χ4v) is 7.64. The van der Waals surface area contributed by atoms with Crippen molar-refractivity contribution in [3.8, 4) is 0 Å². The number of hydrogen-bond acceptors (Lipinski definition) is 10. The molecule has 13 nitrogen and oxygen atoms in total. The second kappa shape index (κ2) is 14.7. The number of benzene rings is 1. The summed E-state index contributed by atoms with van der Waals surface area (Å²) in [4.78, 5) is 53.0. The fourth-order valence-electron chi connectivity index (χ4n) is 4.78. The van der Waals surface area contributed by atoms with Crippen LogP contribution in [0.2, 0.25) is 0 Å². The maximum absolute atomic E-state index is 13.7. The average Bonchev–Trinajstić information content (AvgIpc) is 3.54. The number of amides is 1. The zero-order valence-corrected chi connectivity index (χ0v) is 27.9. The molecular formula is C29H30N4O9S4. The first kappa shape index (κ1) is 35.0. The zero-order valence-electron chi connectivity index (χ0n) is 24.7. The Bertz CT molecular complexity index is 1980. The molecule has 1 aromatic heterocycles. The Hall–Kier alpha value is -3.90. The molecule has 0 radical (unpaired) electrons. The van der Waals surface area contributed by atoms with Crippen LogP contribution >= 0.6 is 35.7 Å². The van der Waals surface area contributed by atoms with Gasteiger partial charge in [0.15, 0.2) is 0 Å². The molecule has 17 heteroatoms. The van der Waals surface area contributed by atoms with Crippen molar-refractivity contribution >= 4 is 84.6 Å². The Balaban J connectivity index is 1.86. The summed E-state index contributed by atoms with van der Waals surface area (Å²) in [6.07, 6.45) is 5.94. The third-order valence-corrected chi connectivity index (χ3v) is 10.2. The molecule has 0 atom stereocenters. The molecule has 0 spiro atoms. The summed E-state index contributed by atoms with van der Waals surface area (Å²) in [7, 11) is -2.65. The number of carboxylic acids is 2. The number of imidazole rings is 1. The average molecular weight is 707 g/mol. The normalized spacial score (nSPS) is 18.2. The van der Waals surface area contributed by atoms with Crippen LogP contribution in [0.4, 0.5) is 0 Å². The number of rotatable bonds is 12. The van der Waals surface area contributed by atoms with Crippen molar-refractivity contribution in [1.29, 1.82) is 0 Å². The van der Waals surface area contributed by atoms with Crippen molar-refractivity contribution in [2.24, 2.45) is 7.05 Å². The maximum atomic E-state index is 13.7. The van der Waals surface area contributed by atoms with Gasteiger partial charge in [-0.2, -0.15) is 8.42 Å². The standard InChI is InChI=1S/C29H30N4O9S4/c1-18-17-44-22(31(18)12-6-7-13-46(40,41)42)11-10-20(19-8-4-3-5-9-19)14-21-27(38)30(2)26(32(21)15-23(34)35)25-28(39)33(16-24(36)37)29(43)45-25/h3-5,8-11,14,17H,6-7,12-13,15-16H2,1-2H3,(H,34,35)(H,36,37)(H,40,41,42)/b20-10-,21-14-,22-11+,26-25+. The lowest BCUT2D eigenvalue weighted by Crippen LogP contribution is -2.37. The smallest absolute Gasteiger partial charge is 0.323 e. The van der Waals surface area contributed by atoms with E-state index in [0.29, 0.717) is 24.1 Å². The Morgan fingerprint density at radius 2 is 1.70 bits per heavy atom. The van der Waals surface area contributed by atoms with E-state index < -0.39 is 46.6 Å². The highest BCUT2D eigenvalue weighted by atomic mass is 32.2. The van der Waals surface area contributed by atoms with E-state index in [2.05, 4.69) is 0 Å². The topological polar surface area (TPSA) is 179 Å². The van der Waals surface area contributed by atoms with E-state index >= 15 is 0 Å². The third-order valence-electron chi connectivity index (χ3n) is 6.91. The van der Waals surface area contributed by atoms with Gasteiger partial charge in [0.2, 0.25) is 0 Å². The van der Waals surface area contributed by atoms with Crippen LogP contribution in [0.5, 0.6) is 0 Å². The fraction of sp³-hybridized carbons (Fsp3) is 0.276. The zero-order chi connectivity index (χ0) is 33.8. The number of thiocarbonyl (C=S) groups is 1. The molecule has 4 rings (SSSR count). The molecule has 2 aromatic rings. The van der Waals surface area contributed by atoms with Crippen molar-refractivity contribution in [3.63, 3.8) is 0 Å². The Morgan fingerprint density at radius 3 is 2.33 bits per heavy atom. The summed E-state index contributed by atoms with van der Waals surface area (Å²) in [5.41, 5.74) is 1.61.